The van der Waals surface area contributed by atoms with E-state index in [0.29, 0.717) is 17.5 Å². The van der Waals surface area contributed by atoms with Crippen molar-refractivity contribution in [3.63, 3.8) is 0 Å². The second-order valence-electron chi connectivity index (χ2n) is 4.75. The van der Waals surface area contributed by atoms with E-state index in [0.717, 1.165) is 6.42 Å². The van der Waals surface area contributed by atoms with Gasteiger partial charge in [-0.15, -0.1) is 0 Å². The van der Waals surface area contributed by atoms with Gasteiger partial charge in [0.05, 0.1) is 18.3 Å². The molecule has 1 atom stereocenters. The Balaban J connectivity index is 2.56. The van der Waals surface area contributed by atoms with E-state index < -0.39 is 0 Å². The van der Waals surface area contributed by atoms with Crippen LogP contribution in [0.3, 0.4) is 0 Å². The number of rotatable bonds is 7. The van der Waals surface area contributed by atoms with E-state index >= 15 is 0 Å². The Morgan fingerprint density at radius 2 is 2.00 bits per heavy atom. The third-order valence-electron chi connectivity index (χ3n) is 2.97. The summed E-state index contributed by atoms with van der Waals surface area (Å²) in [5, 5.41) is 0.571. The van der Waals surface area contributed by atoms with Crippen LogP contribution in [0.4, 0.5) is 4.39 Å². The van der Waals surface area contributed by atoms with Crippen molar-refractivity contribution in [1.29, 1.82) is 0 Å². The monoisotopic (exact) mass is 318 g/mol. The number of hydrogen-bond acceptors (Lipinski definition) is 2. The Labute approximate surface area is 117 Å². The third-order valence-corrected chi connectivity index (χ3v) is 3.56. The van der Waals surface area contributed by atoms with E-state index in [1.165, 1.54) is 6.07 Å². The maximum atomic E-state index is 13.6. The van der Waals surface area contributed by atoms with E-state index in [9.17, 15) is 4.39 Å². The van der Waals surface area contributed by atoms with Crippen molar-refractivity contribution in [2.75, 3.05) is 19.0 Å². The highest BCUT2D eigenvalue weighted by molar-refractivity contribution is 9.09. The molecule has 0 aromatic heterocycles. The van der Waals surface area contributed by atoms with Crippen LogP contribution in [-0.4, -0.2) is 24.6 Å². The van der Waals surface area contributed by atoms with Crippen LogP contribution < -0.4 is 0 Å². The Kier molecular flexibility index (Phi) is 6.26. The highest BCUT2D eigenvalue weighted by Gasteiger charge is 2.19. The average molecular weight is 319 g/mol. The topological polar surface area (TPSA) is 18.5 Å². The molecule has 18 heavy (non-hydrogen) atoms. The van der Waals surface area contributed by atoms with Gasteiger partial charge in [0.1, 0.15) is 5.82 Å². The molecule has 0 aliphatic rings. The van der Waals surface area contributed by atoms with Crippen LogP contribution in [-0.2, 0) is 9.47 Å². The fourth-order valence-corrected chi connectivity index (χ4v) is 2.04. The summed E-state index contributed by atoms with van der Waals surface area (Å²) >= 11 is 3.36. The van der Waals surface area contributed by atoms with Gasteiger partial charge in [0, 0.05) is 18.0 Å². The lowest BCUT2D eigenvalue weighted by Gasteiger charge is -2.24. The first-order valence-corrected chi connectivity index (χ1v) is 7.09. The molecule has 4 heteroatoms. The number of halogens is 2. The molecular weight excluding hydrogens is 299 g/mol. The summed E-state index contributed by atoms with van der Waals surface area (Å²) < 4.78 is 24.7. The van der Waals surface area contributed by atoms with Crippen molar-refractivity contribution in [1.82, 2.24) is 0 Å². The lowest BCUT2D eigenvalue weighted by Crippen LogP contribution is -2.25. The summed E-state index contributed by atoms with van der Waals surface area (Å²) in [4.78, 5) is 0. The van der Waals surface area contributed by atoms with Crippen LogP contribution in [0.1, 0.15) is 31.9 Å². The minimum absolute atomic E-state index is 0.216. The SMILES string of the molecule is COC(C)(C)CCOC(CBr)c1ccccc1F. The molecule has 0 spiro atoms. The molecule has 1 unspecified atom stereocenters. The predicted octanol–water partition coefficient (Wildman–Crippen LogP) is 4.09. The van der Waals surface area contributed by atoms with Gasteiger partial charge in [-0.1, -0.05) is 34.1 Å². The molecule has 0 saturated carbocycles. The van der Waals surface area contributed by atoms with Crippen molar-refractivity contribution >= 4 is 15.9 Å². The first-order chi connectivity index (χ1) is 8.50. The minimum Gasteiger partial charge on any atom is -0.379 e. The van der Waals surface area contributed by atoms with Gasteiger partial charge in [-0.05, 0) is 26.3 Å². The minimum atomic E-state index is -0.265. The normalized spacial score (nSPS) is 13.6. The molecule has 0 saturated heterocycles. The van der Waals surface area contributed by atoms with Crippen LogP contribution in [0.25, 0.3) is 0 Å². The van der Waals surface area contributed by atoms with E-state index in [-0.39, 0.29) is 17.5 Å². The molecule has 0 fully saturated rings. The molecule has 2 nitrogen and oxygen atoms in total. The molecule has 1 rings (SSSR count). The van der Waals surface area contributed by atoms with Crippen molar-refractivity contribution in [3.05, 3.63) is 35.6 Å². The lowest BCUT2D eigenvalue weighted by molar-refractivity contribution is -0.0233. The van der Waals surface area contributed by atoms with Crippen molar-refractivity contribution < 1.29 is 13.9 Å². The predicted molar refractivity (Wildman–Crippen MR) is 74.6 cm³/mol. The van der Waals surface area contributed by atoms with Crippen LogP contribution >= 0.6 is 15.9 Å². The molecule has 1 aromatic carbocycles. The third kappa shape index (κ3) is 4.67. The van der Waals surface area contributed by atoms with Gasteiger partial charge < -0.3 is 9.47 Å². The summed E-state index contributed by atoms with van der Waals surface area (Å²) in [5.74, 6) is -0.229. The molecule has 0 aliphatic heterocycles. The summed E-state index contributed by atoms with van der Waals surface area (Å²) in [6.45, 7) is 4.54. The quantitative estimate of drug-likeness (QED) is 0.705. The van der Waals surface area contributed by atoms with Crippen LogP contribution in [0.5, 0.6) is 0 Å². The van der Waals surface area contributed by atoms with Gasteiger partial charge in [0.25, 0.3) is 0 Å². The van der Waals surface area contributed by atoms with Crippen molar-refractivity contribution in [2.45, 2.75) is 32.0 Å². The molecule has 0 aliphatic carbocycles. The molecular formula is C14H20BrFO2. The van der Waals surface area contributed by atoms with Gasteiger partial charge in [-0.3, -0.25) is 0 Å². The Bertz CT molecular complexity index is 369. The van der Waals surface area contributed by atoms with Gasteiger partial charge >= 0.3 is 0 Å². The van der Waals surface area contributed by atoms with Gasteiger partial charge in [-0.2, -0.15) is 0 Å². The van der Waals surface area contributed by atoms with Crippen molar-refractivity contribution in [2.24, 2.45) is 0 Å². The zero-order valence-electron chi connectivity index (χ0n) is 11.1. The first kappa shape index (κ1) is 15.6. The van der Waals surface area contributed by atoms with E-state index in [1.807, 2.05) is 19.9 Å². The average Bonchev–Trinajstić information content (AvgIpc) is 2.36. The van der Waals surface area contributed by atoms with Crippen molar-refractivity contribution in [3.8, 4) is 0 Å². The number of ether oxygens (including phenoxy) is 2. The zero-order chi connectivity index (χ0) is 13.6. The summed E-state index contributed by atoms with van der Waals surface area (Å²) in [6.07, 6.45) is 0.500. The smallest absolute Gasteiger partial charge is 0.129 e. The maximum absolute atomic E-state index is 13.6. The number of methoxy groups -OCH3 is 1. The number of hydrogen-bond donors (Lipinski definition) is 0. The highest BCUT2D eigenvalue weighted by atomic mass is 79.9. The summed E-state index contributed by atoms with van der Waals surface area (Å²) in [7, 11) is 1.68. The van der Waals surface area contributed by atoms with Gasteiger partial charge in [-0.25, -0.2) is 4.39 Å². The van der Waals surface area contributed by atoms with E-state index in [1.54, 1.807) is 19.2 Å². The van der Waals surface area contributed by atoms with Crippen LogP contribution in [0.15, 0.2) is 24.3 Å². The Hall–Kier alpha value is -0.450. The van der Waals surface area contributed by atoms with Crippen LogP contribution in [0.2, 0.25) is 0 Å². The fraction of sp³-hybridized carbons (Fsp3) is 0.571. The fourth-order valence-electron chi connectivity index (χ4n) is 1.50. The van der Waals surface area contributed by atoms with E-state index in [4.69, 9.17) is 9.47 Å². The zero-order valence-corrected chi connectivity index (χ0v) is 12.7. The second kappa shape index (κ2) is 7.22. The maximum Gasteiger partial charge on any atom is 0.129 e. The lowest BCUT2D eigenvalue weighted by atomic mass is 10.1. The molecule has 0 N–H and O–H groups in total. The summed E-state index contributed by atoms with van der Waals surface area (Å²) in [5.41, 5.74) is 0.371. The van der Waals surface area contributed by atoms with E-state index in [2.05, 4.69) is 15.9 Å². The number of benzene rings is 1. The highest BCUT2D eigenvalue weighted by Crippen LogP contribution is 2.24. The largest absolute Gasteiger partial charge is 0.379 e. The molecule has 102 valence electrons. The van der Waals surface area contributed by atoms with Gasteiger partial charge in [0.2, 0.25) is 0 Å². The molecule has 0 heterocycles. The van der Waals surface area contributed by atoms with Crippen LogP contribution in [0, 0.1) is 5.82 Å². The summed E-state index contributed by atoms with van der Waals surface area (Å²) in [6, 6.07) is 6.70. The first-order valence-electron chi connectivity index (χ1n) is 5.97. The standard InChI is InChI=1S/C14H20BrFO2/c1-14(2,17-3)8-9-18-13(10-15)11-6-4-5-7-12(11)16/h4-7,13H,8-10H2,1-3H3. The molecule has 0 amide bonds. The Morgan fingerprint density at radius 1 is 1.33 bits per heavy atom. The second-order valence-corrected chi connectivity index (χ2v) is 5.40. The Morgan fingerprint density at radius 3 is 2.56 bits per heavy atom. The number of alkyl halides is 1. The molecule has 0 bridgehead atoms. The molecule has 1 aromatic rings. The van der Waals surface area contributed by atoms with Gasteiger partial charge in [0.15, 0.2) is 0 Å². The molecule has 0 radical (unpaired) electrons.